The molecule has 0 aliphatic heterocycles. The molecule has 1 amide bonds. The van der Waals surface area contributed by atoms with Crippen LogP contribution in [-0.2, 0) is 20.8 Å². The molecule has 1 rings (SSSR count). The van der Waals surface area contributed by atoms with E-state index in [9.17, 15) is 14.4 Å². The lowest BCUT2D eigenvalue weighted by atomic mass is 10.0. The molecular weight excluding hydrogens is 280 g/mol. The topological polar surface area (TPSA) is 89.3 Å². The minimum atomic E-state index is -0.737. The molecule has 5 heteroatoms. The van der Waals surface area contributed by atoms with Crippen LogP contribution >= 0.6 is 0 Å². The van der Waals surface area contributed by atoms with Crippen LogP contribution in [0.2, 0.25) is 0 Å². The fourth-order valence-corrected chi connectivity index (χ4v) is 2.01. The van der Waals surface area contributed by atoms with E-state index in [4.69, 9.17) is 5.73 Å². The largest absolute Gasteiger partial charge is 0.345 e. The van der Waals surface area contributed by atoms with Crippen LogP contribution in [0.1, 0.15) is 25.3 Å². The maximum Gasteiger partial charge on any atom is 0.237 e. The molecule has 0 heterocycles. The van der Waals surface area contributed by atoms with Crippen molar-refractivity contribution in [3.63, 3.8) is 0 Å². The van der Waals surface area contributed by atoms with Gasteiger partial charge in [-0.25, -0.2) is 0 Å². The van der Waals surface area contributed by atoms with Gasteiger partial charge in [-0.1, -0.05) is 36.9 Å². The Balaban J connectivity index is 2.56. The lowest BCUT2D eigenvalue weighted by Crippen LogP contribution is -2.48. The van der Waals surface area contributed by atoms with Gasteiger partial charge in [-0.3, -0.25) is 14.4 Å². The zero-order valence-electron chi connectivity index (χ0n) is 12.7. The Morgan fingerprint density at radius 1 is 1.27 bits per heavy atom. The van der Waals surface area contributed by atoms with E-state index in [1.807, 2.05) is 30.3 Å². The minimum absolute atomic E-state index is 0.158. The number of carbonyl (C=O) groups excluding carboxylic acids is 3. The fraction of sp³-hybridized carbons (Fsp3) is 0.353. The van der Waals surface area contributed by atoms with E-state index in [1.165, 1.54) is 13.0 Å². The standard InChI is InChI=1S/C17H22N2O3/c1-3-14(21)9-10-16(12(2)20)19-17(22)15(18)11-13-7-5-4-6-8-13/h3-8,15-16H,1,9-11,18H2,2H3,(H,19,22)/t15?,16-/m0/s1. The Kier molecular flexibility index (Phi) is 7.19. The van der Waals surface area contributed by atoms with Gasteiger partial charge < -0.3 is 11.1 Å². The second kappa shape index (κ2) is 8.89. The maximum absolute atomic E-state index is 12.1. The van der Waals surface area contributed by atoms with Gasteiger partial charge in [0, 0.05) is 6.42 Å². The van der Waals surface area contributed by atoms with Crippen molar-refractivity contribution in [3.05, 3.63) is 48.6 Å². The summed E-state index contributed by atoms with van der Waals surface area (Å²) in [6, 6.07) is 7.98. The van der Waals surface area contributed by atoms with Crippen LogP contribution < -0.4 is 11.1 Å². The Labute approximate surface area is 130 Å². The van der Waals surface area contributed by atoms with Crippen molar-refractivity contribution in [1.82, 2.24) is 5.32 Å². The highest BCUT2D eigenvalue weighted by Gasteiger charge is 2.21. The Hall–Kier alpha value is -2.27. The third-order valence-corrected chi connectivity index (χ3v) is 3.35. The number of nitrogens with one attached hydrogen (secondary N) is 1. The van der Waals surface area contributed by atoms with Gasteiger partial charge in [-0.15, -0.1) is 0 Å². The van der Waals surface area contributed by atoms with E-state index in [0.717, 1.165) is 5.56 Å². The molecule has 3 N–H and O–H groups in total. The number of hydrogen-bond donors (Lipinski definition) is 2. The highest BCUT2D eigenvalue weighted by molar-refractivity contribution is 5.92. The monoisotopic (exact) mass is 302 g/mol. The lowest BCUT2D eigenvalue weighted by molar-refractivity contribution is -0.128. The molecule has 1 aromatic carbocycles. The van der Waals surface area contributed by atoms with Crippen LogP contribution in [0.3, 0.4) is 0 Å². The molecule has 1 unspecified atom stereocenters. The summed E-state index contributed by atoms with van der Waals surface area (Å²) in [7, 11) is 0. The van der Waals surface area contributed by atoms with Gasteiger partial charge in [0.25, 0.3) is 0 Å². The van der Waals surface area contributed by atoms with Crippen LogP contribution in [-0.4, -0.2) is 29.6 Å². The molecule has 5 nitrogen and oxygen atoms in total. The molecule has 0 fully saturated rings. The Bertz CT molecular complexity index is 540. The molecule has 0 aromatic heterocycles. The summed E-state index contributed by atoms with van der Waals surface area (Å²) in [4.78, 5) is 34.9. The molecule has 0 bridgehead atoms. The third kappa shape index (κ3) is 6.01. The van der Waals surface area contributed by atoms with Crippen molar-refractivity contribution in [2.45, 2.75) is 38.3 Å². The molecule has 2 atom stereocenters. The predicted molar refractivity (Wildman–Crippen MR) is 85.2 cm³/mol. The molecular formula is C17H22N2O3. The summed E-state index contributed by atoms with van der Waals surface area (Å²) in [5.41, 5.74) is 6.82. The van der Waals surface area contributed by atoms with E-state index < -0.39 is 18.0 Å². The van der Waals surface area contributed by atoms with E-state index in [0.29, 0.717) is 6.42 Å². The first-order chi connectivity index (χ1) is 10.4. The number of Topliss-reactive ketones (excluding diaryl/α,β-unsaturated/α-hetero) is 1. The molecule has 0 spiro atoms. The van der Waals surface area contributed by atoms with Gasteiger partial charge in [0.1, 0.15) is 0 Å². The number of allylic oxidation sites excluding steroid dienone is 1. The zero-order valence-corrected chi connectivity index (χ0v) is 12.7. The first-order valence-corrected chi connectivity index (χ1v) is 7.19. The lowest BCUT2D eigenvalue weighted by Gasteiger charge is -2.18. The highest BCUT2D eigenvalue weighted by atomic mass is 16.2. The zero-order chi connectivity index (χ0) is 16.5. The molecule has 0 radical (unpaired) electrons. The smallest absolute Gasteiger partial charge is 0.237 e. The van der Waals surface area contributed by atoms with E-state index in [1.54, 1.807) is 0 Å². The Morgan fingerprint density at radius 2 is 1.91 bits per heavy atom. The minimum Gasteiger partial charge on any atom is -0.345 e. The summed E-state index contributed by atoms with van der Waals surface area (Å²) in [6.45, 7) is 4.76. The predicted octanol–water partition coefficient (Wildman–Crippen LogP) is 1.17. The second-order valence-corrected chi connectivity index (χ2v) is 5.18. The van der Waals surface area contributed by atoms with Gasteiger partial charge in [0.2, 0.25) is 5.91 Å². The summed E-state index contributed by atoms with van der Waals surface area (Å²) in [6.07, 6.45) is 2.02. The van der Waals surface area contributed by atoms with Gasteiger partial charge >= 0.3 is 0 Å². The average Bonchev–Trinajstić information content (AvgIpc) is 2.51. The van der Waals surface area contributed by atoms with Crippen LogP contribution in [0.5, 0.6) is 0 Å². The van der Waals surface area contributed by atoms with Gasteiger partial charge in [-0.2, -0.15) is 0 Å². The fourth-order valence-electron chi connectivity index (χ4n) is 2.01. The van der Waals surface area contributed by atoms with Crippen molar-refractivity contribution in [2.75, 3.05) is 0 Å². The molecule has 118 valence electrons. The number of amides is 1. The summed E-state index contributed by atoms with van der Waals surface area (Å²) in [5, 5.41) is 2.62. The van der Waals surface area contributed by atoms with Gasteiger partial charge in [-0.05, 0) is 31.4 Å². The van der Waals surface area contributed by atoms with Crippen LogP contribution in [0.15, 0.2) is 43.0 Å². The van der Waals surface area contributed by atoms with Crippen LogP contribution in [0.25, 0.3) is 0 Å². The SMILES string of the molecule is C=CC(=O)CC[C@H](NC(=O)C(N)Cc1ccccc1)C(C)=O. The third-order valence-electron chi connectivity index (χ3n) is 3.35. The summed E-state index contributed by atoms with van der Waals surface area (Å²) in [5.74, 6) is -0.749. The van der Waals surface area contributed by atoms with Crippen molar-refractivity contribution in [1.29, 1.82) is 0 Å². The number of benzene rings is 1. The van der Waals surface area contributed by atoms with Gasteiger partial charge in [0.15, 0.2) is 11.6 Å². The summed E-state index contributed by atoms with van der Waals surface area (Å²) < 4.78 is 0. The highest BCUT2D eigenvalue weighted by Crippen LogP contribution is 2.04. The van der Waals surface area contributed by atoms with Crippen molar-refractivity contribution in [3.8, 4) is 0 Å². The van der Waals surface area contributed by atoms with Crippen molar-refractivity contribution >= 4 is 17.5 Å². The van der Waals surface area contributed by atoms with Crippen molar-refractivity contribution < 1.29 is 14.4 Å². The average molecular weight is 302 g/mol. The van der Waals surface area contributed by atoms with Gasteiger partial charge in [0.05, 0.1) is 12.1 Å². The molecule has 22 heavy (non-hydrogen) atoms. The second-order valence-electron chi connectivity index (χ2n) is 5.18. The maximum atomic E-state index is 12.1. The van der Waals surface area contributed by atoms with E-state index >= 15 is 0 Å². The number of hydrogen-bond acceptors (Lipinski definition) is 4. The molecule has 0 aliphatic carbocycles. The normalized spacial score (nSPS) is 13.0. The van der Waals surface area contributed by atoms with Crippen LogP contribution in [0, 0.1) is 0 Å². The molecule has 1 aromatic rings. The molecule has 0 saturated carbocycles. The van der Waals surface area contributed by atoms with E-state index in [2.05, 4.69) is 11.9 Å². The first kappa shape index (κ1) is 17.8. The summed E-state index contributed by atoms with van der Waals surface area (Å²) >= 11 is 0. The Morgan fingerprint density at radius 3 is 2.45 bits per heavy atom. The molecule has 0 aliphatic rings. The molecule has 0 saturated heterocycles. The van der Waals surface area contributed by atoms with E-state index in [-0.39, 0.29) is 24.4 Å². The first-order valence-electron chi connectivity index (χ1n) is 7.19. The van der Waals surface area contributed by atoms with Crippen molar-refractivity contribution in [2.24, 2.45) is 5.73 Å². The number of rotatable bonds is 9. The number of ketones is 2. The van der Waals surface area contributed by atoms with Crippen LogP contribution in [0.4, 0.5) is 0 Å². The number of carbonyl (C=O) groups is 3. The number of nitrogens with two attached hydrogens (primary N) is 1. The quantitative estimate of drug-likeness (QED) is 0.670.